The van der Waals surface area contributed by atoms with Crippen LogP contribution in [-0.4, -0.2) is 0 Å². The summed E-state index contributed by atoms with van der Waals surface area (Å²) in [5.41, 5.74) is 10.6. The minimum Gasteiger partial charge on any atom is -0.0616 e. The molecule has 0 N–H and O–H groups in total. The quantitative estimate of drug-likeness (QED) is 0.200. The normalized spacial score (nSPS) is 12.3. The van der Waals surface area contributed by atoms with Gasteiger partial charge in [0.1, 0.15) is 0 Å². The van der Waals surface area contributed by atoms with Crippen LogP contribution in [-0.2, 0) is 6.42 Å². The van der Waals surface area contributed by atoms with Crippen molar-refractivity contribution in [3.63, 3.8) is 0 Å². The van der Waals surface area contributed by atoms with E-state index in [2.05, 4.69) is 146 Å². The first-order chi connectivity index (χ1) is 20.3. The molecule has 0 atom stereocenters. The summed E-state index contributed by atoms with van der Waals surface area (Å²) in [7, 11) is 0. The molecular weight excluding hydrogens is 492 g/mol. The van der Waals surface area contributed by atoms with Gasteiger partial charge in [-0.1, -0.05) is 127 Å². The zero-order valence-corrected chi connectivity index (χ0v) is 22.6. The van der Waals surface area contributed by atoms with Gasteiger partial charge in [0.25, 0.3) is 0 Å². The molecule has 0 saturated heterocycles. The minimum absolute atomic E-state index is 1.01. The standard InChI is InChI=1S/C41H26/c1-2-11-33-26(8-1)16-19-32-23-31-18-17-29(24-39(31)41(32)33)27-9-7-10-28(22-27)30-20-21-38-36-14-4-3-12-34(36)35-13-5-6-15-37(35)40(38)25-30/h1-22,24-25H,23H2. The Labute approximate surface area is 239 Å². The summed E-state index contributed by atoms with van der Waals surface area (Å²) < 4.78 is 0. The molecule has 0 saturated carbocycles. The van der Waals surface area contributed by atoms with E-state index in [4.69, 9.17) is 0 Å². The molecule has 8 aromatic rings. The van der Waals surface area contributed by atoms with E-state index in [-0.39, 0.29) is 0 Å². The van der Waals surface area contributed by atoms with Crippen LogP contribution in [0.3, 0.4) is 0 Å². The third kappa shape index (κ3) is 3.41. The van der Waals surface area contributed by atoms with Crippen molar-refractivity contribution in [2.45, 2.75) is 6.42 Å². The minimum atomic E-state index is 1.01. The molecule has 8 aromatic carbocycles. The first kappa shape index (κ1) is 22.6. The van der Waals surface area contributed by atoms with Gasteiger partial charge in [-0.05, 0) is 112 Å². The average Bonchev–Trinajstić information content (AvgIpc) is 3.43. The van der Waals surface area contributed by atoms with Crippen molar-refractivity contribution in [2.24, 2.45) is 0 Å². The van der Waals surface area contributed by atoms with Gasteiger partial charge >= 0.3 is 0 Å². The first-order valence-electron chi connectivity index (χ1n) is 14.4. The van der Waals surface area contributed by atoms with Crippen LogP contribution < -0.4 is 0 Å². The van der Waals surface area contributed by atoms with E-state index >= 15 is 0 Å². The SMILES string of the molecule is c1cc(-c2ccc3c(c2)-c2c(ccc4ccccc24)C3)cc(-c2ccc3c4ccccc4c4ccccc4c3c2)c1. The van der Waals surface area contributed by atoms with Gasteiger partial charge in [0.2, 0.25) is 0 Å². The molecule has 0 amide bonds. The van der Waals surface area contributed by atoms with E-state index in [1.165, 1.54) is 87.6 Å². The lowest BCUT2D eigenvalue weighted by Crippen LogP contribution is -1.86. The van der Waals surface area contributed by atoms with Crippen LogP contribution in [0.5, 0.6) is 0 Å². The molecule has 0 aromatic heterocycles. The van der Waals surface area contributed by atoms with E-state index in [1.54, 1.807) is 0 Å². The van der Waals surface area contributed by atoms with Crippen molar-refractivity contribution in [3.05, 3.63) is 157 Å². The predicted octanol–water partition coefficient (Wildman–Crippen LogP) is 11.2. The average molecular weight is 519 g/mol. The number of benzene rings is 8. The number of hydrogen-bond acceptors (Lipinski definition) is 0. The zero-order chi connectivity index (χ0) is 26.9. The van der Waals surface area contributed by atoms with Gasteiger partial charge in [-0.2, -0.15) is 0 Å². The first-order valence-corrected chi connectivity index (χ1v) is 14.4. The van der Waals surface area contributed by atoms with Gasteiger partial charge in [-0.25, -0.2) is 0 Å². The van der Waals surface area contributed by atoms with Gasteiger partial charge in [0, 0.05) is 0 Å². The number of rotatable bonds is 2. The van der Waals surface area contributed by atoms with Crippen LogP contribution in [0.25, 0.3) is 76.5 Å². The molecule has 0 unspecified atom stereocenters. The molecule has 9 rings (SSSR count). The summed E-state index contributed by atoms with van der Waals surface area (Å²) in [6.07, 6.45) is 1.01. The third-order valence-corrected chi connectivity index (χ3v) is 9.05. The lowest BCUT2D eigenvalue weighted by molar-refractivity contribution is 1.27. The second-order valence-corrected chi connectivity index (χ2v) is 11.3. The summed E-state index contributed by atoms with van der Waals surface area (Å²) >= 11 is 0. The molecule has 0 bridgehead atoms. The van der Waals surface area contributed by atoms with Crippen molar-refractivity contribution < 1.29 is 0 Å². The molecule has 0 nitrogen and oxygen atoms in total. The Morgan fingerprint density at radius 3 is 1.59 bits per heavy atom. The highest BCUT2D eigenvalue weighted by Crippen LogP contribution is 2.43. The van der Waals surface area contributed by atoms with Crippen molar-refractivity contribution >= 4 is 43.1 Å². The van der Waals surface area contributed by atoms with Crippen molar-refractivity contribution in [1.82, 2.24) is 0 Å². The Bertz CT molecular complexity index is 2300. The lowest BCUT2D eigenvalue weighted by atomic mass is 9.91. The van der Waals surface area contributed by atoms with Crippen molar-refractivity contribution in [1.29, 1.82) is 0 Å². The highest BCUT2D eigenvalue weighted by molar-refractivity contribution is 6.25. The largest absolute Gasteiger partial charge is 0.0616 e. The summed E-state index contributed by atoms with van der Waals surface area (Å²) in [6.45, 7) is 0. The molecule has 0 fully saturated rings. The molecule has 0 heteroatoms. The third-order valence-electron chi connectivity index (χ3n) is 9.05. The van der Waals surface area contributed by atoms with Crippen molar-refractivity contribution in [3.8, 4) is 33.4 Å². The molecule has 0 radical (unpaired) electrons. The van der Waals surface area contributed by atoms with E-state index in [0.717, 1.165) is 6.42 Å². The van der Waals surface area contributed by atoms with E-state index < -0.39 is 0 Å². The van der Waals surface area contributed by atoms with Gasteiger partial charge < -0.3 is 0 Å². The Balaban J connectivity index is 1.19. The maximum absolute atomic E-state index is 2.41. The Hall–Kier alpha value is -5.20. The smallest absolute Gasteiger partial charge is 0.00132 e. The van der Waals surface area contributed by atoms with Gasteiger partial charge in [-0.3, -0.25) is 0 Å². The Morgan fingerprint density at radius 2 is 0.854 bits per heavy atom. The highest BCUT2D eigenvalue weighted by Gasteiger charge is 2.21. The van der Waals surface area contributed by atoms with Crippen LogP contribution >= 0.6 is 0 Å². The predicted molar refractivity (Wildman–Crippen MR) is 176 cm³/mol. The molecular formula is C41H26. The fourth-order valence-electron chi connectivity index (χ4n) is 7.10. The molecule has 1 aliphatic carbocycles. The van der Waals surface area contributed by atoms with E-state index in [0.29, 0.717) is 0 Å². The van der Waals surface area contributed by atoms with Crippen LogP contribution in [0.1, 0.15) is 11.1 Å². The molecule has 1 aliphatic rings. The van der Waals surface area contributed by atoms with E-state index in [9.17, 15) is 0 Å². The van der Waals surface area contributed by atoms with Crippen molar-refractivity contribution in [2.75, 3.05) is 0 Å². The summed E-state index contributed by atoms with van der Waals surface area (Å²) in [4.78, 5) is 0. The fourth-order valence-corrected chi connectivity index (χ4v) is 7.10. The van der Waals surface area contributed by atoms with Gasteiger partial charge in [-0.15, -0.1) is 0 Å². The molecule has 190 valence electrons. The van der Waals surface area contributed by atoms with E-state index in [1.807, 2.05) is 0 Å². The summed E-state index contributed by atoms with van der Waals surface area (Å²) in [5.74, 6) is 0. The molecule has 0 aliphatic heterocycles. The second kappa shape index (κ2) is 8.65. The molecule has 0 spiro atoms. The second-order valence-electron chi connectivity index (χ2n) is 11.3. The monoisotopic (exact) mass is 518 g/mol. The van der Waals surface area contributed by atoms with Crippen LogP contribution in [0.2, 0.25) is 0 Å². The van der Waals surface area contributed by atoms with Crippen LogP contribution in [0.15, 0.2) is 146 Å². The van der Waals surface area contributed by atoms with Crippen LogP contribution in [0.4, 0.5) is 0 Å². The Morgan fingerprint density at radius 1 is 0.317 bits per heavy atom. The Kier molecular flexibility index (Phi) is 4.77. The summed E-state index contributed by atoms with van der Waals surface area (Å²) in [6, 6.07) is 54.0. The van der Waals surface area contributed by atoms with Gasteiger partial charge in [0.15, 0.2) is 0 Å². The fraction of sp³-hybridized carbons (Fsp3) is 0.0244. The number of fused-ring (bicyclic) bond motifs is 11. The lowest BCUT2D eigenvalue weighted by Gasteiger charge is -2.13. The maximum Gasteiger partial charge on any atom is -0.00132 e. The van der Waals surface area contributed by atoms with Crippen LogP contribution in [0, 0.1) is 0 Å². The van der Waals surface area contributed by atoms with Gasteiger partial charge in [0.05, 0.1) is 0 Å². The molecule has 0 heterocycles. The number of hydrogen-bond donors (Lipinski definition) is 0. The maximum atomic E-state index is 2.41. The molecule has 41 heavy (non-hydrogen) atoms. The summed E-state index contributed by atoms with van der Waals surface area (Å²) in [5, 5.41) is 10.5. The zero-order valence-electron chi connectivity index (χ0n) is 22.6. The highest BCUT2D eigenvalue weighted by atomic mass is 14.2. The topological polar surface area (TPSA) is 0 Å².